The van der Waals surface area contributed by atoms with E-state index >= 15 is 0 Å². The molecule has 0 aliphatic carbocycles. The van der Waals surface area contributed by atoms with Crippen LogP contribution in [0, 0.1) is 0 Å². The molecule has 3 N–H and O–H groups in total. The van der Waals surface area contributed by atoms with Crippen molar-refractivity contribution in [1.82, 2.24) is 0 Å². The molecule has 9 heteroatoms. The Morgan fingerprint density at radius 2 is 1.86 bits per heavy atom. The lowest BCUT2D eigenvalue weighted by atomic mass is 10.1. The predicted molar refractivity (Wildman–Crippen MR) is 52.8 cm³/mol. The first-order valence-corrected chi connectivity index (χ1v) is 7.31. The van der Waals surface area contributed by atoms with Crippen LogP contribution in [-0.2, 0) is 13.6 Å². The number of phosphoric acid groups is 1. The van der Waals surface area contributed by atoms with Gasteiger partial charge in [0, 0.05) is 6.42 Å². The van der Waals surface area contributed by atoms with Gasteiger partial charge in [-0.15, -0.1) is 0 Å². The van der Waals surface area contributed by atoms with E-state index in [1.165, 1.54) is 0 Å². The lowest BCUT2D eigenvalue weighted by Crippen LogP contribution is -2.27. The van der Waals surface area contributed by atoms with E-state index in [0.29, 0.717) is 0 Å². The van der Waals surface area contributed by atoms with E-state index in [1.54, 1.807) is 0 Å². The van der Waals surface area contributed by atoms with Gasteiger partial charge in [-0.2, -0.15) is 0 Å². The van der Waals surface area contributed by atoms with Crippen molar-refractivity contribution in [2.24, 2.45) is 0 Å². The van der Waals surface area contributed by atoms with E-state index in [2.05, 4.69) is 0 Å². The molecule has 1 unspecified atom stereocenters. The van der Waals surface area contributed by atoms with E-state index in [1.807, 2.05) is 13.8 Å². The van der Waals surface area contributed by atoms with Crippen molar-refractivity contribution in [1.29, 1.82) is 0 Å². The van der Waals surface area contributed by atoms with E-state index in [-0.39, 0.29) is 5.60 Å². The first-order valence-electron chi connectivity index (χ1n) is 3.66. The lowest BCUT2D eigenvalue weighted by Gasteiger charge is -2.31. The van der Waals surface area contributed by atoms with Gasteiger partial charge in [0.25, 0.3) is 7.73 Å². The summed E-state index contributed by atoms with van der Waals surface area (Å²) in [6.07, 6.45) is 0.929. The third-order valence-electron chi connectivity index (χ3n) is 1.22. The van der Waals surface area contributed by atoms with E-state index < -0.39 is 15.6 Å². The van der Waals surface area contributed by atoms with Gasteiger partial charge in [0.2, 0.25) is 0 Å². The van der Waals surface area contributed by atoms with Crippen LogP contribution in [0.5, 0.6) is 0 Å². The smallest absolute Gasteiger partial charge is 0.322 e. The van der Waals surface area contributed by atoms with Gasteiger partial charge >= 0.3 is 7.82 Å². The third-order valence-corrected chi connectivity index (χ3v) is 2.74. The number of hydrogen-bond acceptors (Lipinski definition) is 3. The van der Waals surface area contributed by atoms with Gasteiger partial charge in [-0.1, -0.05) is 0 Å². The highest BCUT2D eigenvalue weighted by atomic mass is 35.7. The summed E-state index contributed by atoms with van der Waals surface area (Å²) in [5.41, 5.74) is -0.0777. The van der Waals surface area contributed by atoms with Crippen molar-refractivity contribution in [2.75, 3.05) is 6.61 Å². The topological polar surface area (TPSA) is 96.2 Å². The molecule has 0 aromatic rings. The molecule has 1 saturated heterocycles. The molecule has 0 aromatic carbocycles. The Bertz CT molecular complexity index is 208. The molecular formula is C5H13ClO6P2. The summed E-state index contributed by atoms with van der Waals surface area (Å²) in [4.78, 5) is 21.6. The zero-order valence-corrected chi connectivity index (χ0v) is 10.3. The molecular weight excluding hydrogens is 253 g/mol. The number of rotatable bonds is 0. The molecule has 1 fully saturated rings. The van der Waals surface area contributed by atoms with Crippen LogP contribution >= 0.6 is 26.8 Å². The van der Waals surface area contributed by atoms with Crippen molar-refractivity contribution in [3.8, 4) is 0 Å². The highest BCUT2D eigenvalue weighted by Crippen LogP contribution is 2.51. The molecule has 6 nitrogen and oxygen atoms in total. The summed E-state index contributed by atoms with van der Waals surface area (Å²) in [7, 11) is -5.75. The molecule has 1 heterocycles. The van der Waals surface area contributed by atoms with Crippen LogP contribution in [0.25, 0.3) is 0 Å². The Hall–Kier alpha value is 0.750. The summed E-state index contributed by atoms with van der Waals surface area (Å²) >= 11 is 5.62. The zero-order chi connectivity index (χ0) is 11.4. The molecule has 86 valence electrons. The first kappa shape index (κ1) is 14.8. The minimum Gasteiger partial charge on any atom is -0.322 e. The Labute approximate surface area is 88.1 Å². The van der Waals surface area contributed by atoms with Gasteiger partial charge in [-0.3, -0.25) is 0 Å². The largest absolute Gasteiger partial charge is 0.466 e. The maximum Gasteiger partial charge on any atom is 0.466 e. The quantitative estimate of drug-likeness (QED) is 0.578. The fourth-order valence-corrected chi connectivity index (χ4v) is 2.16. The van der Waals surface area contributed by atoms with Crippen LogP contribution in [-0.4, -0.2) is 26.9 Å². The average Bonchev–Trinajstić information content (AvgIpc) is 1.78. The summed E-state index contributed by atoms with van der Waals surface area (Å²) in [5, 5.41) is 0. The van der Waals surface area contributed by atoms with E-state index in [0.717, 1.165) is 13.0 Å². The molecule has 0 radical (unpaired) electrons. The lowest BCUT2D eigenvalue weighted by molar-refractivity contribution is 0.0457. The summed E-state index contributed by atoms with van der Waals surface area (Å²) in [6, 6.07) is 0. The van der Waals surface area contributed by atoms with E-state index in [9.17, 15) is 0 Å². The second kappa shape index (κ2) is 5.73. The molecule has 1 aliphatic heterocycles. The van der Waals surface area contributed by atoms with Crippen LogP contribution in [0.2, 0.25) is 0 Å². The SMILES string of the molecule is CC1(C)CCOP(Cl)O1.O=P(O)(O)O. The fourth-order valence-electron chi connectivity index (χ4n) is 0.629. The Balaban J connectivity index is 0.000000292. The van der Waals surface area contributed by atoms with Gasteiger partial charge in [0.1, 0.15) is 0 Å². The van der Waals surface area contributed by atoms with Crippen LogP contribution in [0.1, 0.15) is 20.3 Å². The van der Waals surface area contributed by atoms with Gasteiger partial charge in [-0.05, 0) is 25.1 Å². The van der Waals surface area contributed by atoms with Crippen LogP contribution in [0.4, 0.5) is 0 Å². The van der Waals surface area contributed by atoms with E-state index in [4.69, 9.17) is 39.5 Å². The van der Waals surface area contributed by atoms with Gasteiger partial charge in [-0.25, -0.2) is 4.57 Å². The molecule has 1 rings (SSSR count). The van der Waals surface area contributed by atoms with Gasteiger partial charge in [0.15, 0.2) is 0 Å². The monoisotopic (exact) mass is 266 g/mol. The summed E-state index contributed by atoms with van der Waals surface area (Å²) in [6.45, 7) is 4.77. The maximum absolute atomic E-state index is 8.88. The molecule has 0 amide bonds. The molecule has 0 spiro atoms. The predicted octanol–water partition coefficient (Wildman–Crippen LogP) is 1.74. The Morgan fingerprint density at radius 1 is 1.43 bits per heavy atom. The van der Waals surface area contributed by atoms with Crippen molar-refractivity contribution in [3.63, 3.8) is 0 Å². The highest BCUT2D eigenvalue weighted by molar-refractivity contribution is 7.76. The minimum atomic E-state index is -4.64. The van der Waals surface area contributed by atoms with Crippen LogP contribution in [0.3, 0.4) is 0 Å². The summed E-state index contributed by atoms with van der Waals surface area (Å²) < 4.78 is 19.2. The summed E-state index contributed by atoms with van der Waals surface area (Å²) in [5.74, 6) is 0. The number of halogens is 1. The van der Waals surface area contributed by atoms with Crippen molar-refractivity contribution < 1.29 is 28.3 Å². The Morgan fingerprint density at radius 3 is 2.07 bits per heavy atom. The standard InChI is InChI=1S/C5H10ClO2P.H3O4P/c1-5(2)3-4-7-9(6)8-5;1-5(2,3)4/h3-4H2,1-2H3;(H3,1,2,3,4). The highest BCUT2D eigenvalue weighted by Gasteiger charge is 2.28. The molecule has 1 aliphatic rings. The minimum absolute atomic E-state index is 0.0777. The fraction of sp³-hybridized carbons (Fsp3) is 1.00. The Kier molecular flexibility index (Phi) is 6.04. The zero-order valence-electron chi connectivity index (χ0n) is 7.75. The average molecular weight is 267 g/mol. The third kappa shape index (κ3) is 10.8. The van der Waals surface area contributed by atoms with Crippen LogP contribution in [0.15, 0.2) is 0 Å². The maximum atomic E-state index is 8.88. The van der Waals surface area contributed by atoms with Crippen molar-refractivity contribution >= 4 is 26.8 Å². The van der Waals surface area contributed by atoms with Crippen LogP contribution < -0.4 is 0 Å². The molecule has 1 atom stereocenters. The second-order valence-electron chi connectivity index (χ2n) is 3.16. The molecule has 0 aromatic heterocycles. The molecule has 0 bridgehead atoms. The van der Waals surface area contributed by atoms with Crippen molar-refractivity contribution in [2.45, 2.75) is 25.9 Å². The van der Waals surface area contributed by atoms with Crippen molar-refractivity contribution in [3.05, 3.63) is 0 Å². The number of hydrogen-bond donors (Lipinski definition) is 3. The normalized spacial score (nSPS) is 26.3. The molecule has 0 saturated carbocycles. The first-order chi connectivity index (χ1) is 6.10. The second-order valence-corrected chi connectivity index (χ2v) is 5.88. The molecule has 14 heavy (non-hydrogen) atoms. The van der Waals surface area contributed by atoms with Gasteiger partial charge in [0.05, 0.1) is 12.2 Å². The van der Waals surface area contributed by atoms with Gasteiger partial charge < -0.3 is 23.7 Å².